The van der Waals surface area contributed by atoms with Crippen LogP contribution in [-0.2, 0) is 23.1 Å². The molecule has 0 spiro atoms. The lowest BCUT2D eigenvalue weighted by molar-refractivity contribution is -0.141. The number of alkyl halides is 3. The number of sulfone groups is 1. The van der Waals surface area contributed by atoms with Crippen LogP contribution in [0.15, 0.2) is 29.4 Å². The number of aryl methyl sites for hydroxylation is 1. The summed E-state index contributed by atoms with van der Waals surface area (Å²) in [5.74, 6) is -0.0809. The van der Waals surface area contributed by atoms with Crippen molar-refractivity contribution in [3.63, 3.8) is 0 Å². The summed E-state index contributed by atoms with van der Waals surface area (Å²) >= 11 is 0. The van der Waals surface area contributed by atoms with Crippen LogP contribution < -0.4 is 5.73 Å². The monoisotopic (exact) mass is 385 g/mol. The molecule has 0 fully saturated rings. The van der Waals surface area contributed by atoms with Crippen molar-refractivity contribution in [2.45, 2.75) is 18.0 Å². The highest BCUT2D eigenvalue weighted by molar-refractivity contribution is 7.91. The van der Waals surface area contributed by atoms with Crippen molar-refractivity contribution in [2.75, 3.05) is 11.5 Å². The zero-order valence-corrected chi connectivity index (χ0v) is 14.6. The van der Waals surface area contributed by atoms with E-state index in [1.54, 1.807) is 7.05 Å². The second kappa shape index (κ2) is 5.94. The molecule has 0 radical (unpaired) electrons. The maximum absolute atomic E-state index is 12.9. The lowest BCUT2D eigenvalue weighted by Crippen LogP contribution is -2.09. The molecule has 3 rings (SSSR count). The SMILES string of the molecule is CCS(=O)(=O)c1cc(N)cnc1-c1nc2cc(C(F)(F)F)ncc2n1C. The molecule has 3 aromatic heterocycles. The Kier molecular flexibility index (Phi) is 4.14. The first-order chi connectivity index (χ1) is 12.0. The van der Waals surface area contributed by atoms with Crippen LogP contribution >= 0.6 is 0 Å². The highest BCUT2D eigenvalue weighted by Gasteiger charge is 2.33. The van der Waals surface area contributed by atoms with Crippen molar-refractivity contribution >= 4 is 26.6 Å². The average molecular weight is 385 g/mol. The summed E-state index contributed by atoms with van der Waals surface area (Å²) in [6.45, 7) is 1.47. The molecule has 0 amide bonds. The molecule has 138 valence electrons. The van der Waals surface area contributed by atoms with Crippen molar-refractivity contribution < 1.29 is 21.6 Å². The standard InChI is InChI=1S/C15H14F3N5O2S/c1-3-26(24,25)11-4-8(19)6-21-13(11)14-22-9-5-12(15(16,17)18)20-7-10(9)23(14)2/h4-7H,3,19H2,1-2H3. The molecule has 0 aliphatic rings. The lowest BCUT2D eigenvalue weighted by Gasteiger charge is -2.09. The maximum atomic E-state index is 12.9. The van der Waals surface area contributed by atoms with Gasteiger partial charge in [-0.25, -0.2) is 23.4 Å². The predicted molar refractivity (Wildman–Crippen MR) is 88.9 cm³/mol. The minimum absolute atomic E-state index is 0.0216. The van der Waals surface area contributed by atoms with Gasteiger partial charge in [-0.3, -0.25) is 0 Å². The minimum Gasteiger partial charge on any atom is -0.397 e. The van der Waals surface area contributed by atoms with Crippen molar-refractivity contribution in [3.05, 3.63) is 30.2 Å². The Hall–Kier alpha value is -2.69. The van der Waals surface area contributed by atoms with Crippen molar-refractivity contribution in [1.82, 2.24) is 19.5 Å². The third-order valence-electron chi connectivity index (χ3n) is 3.86. The number of hydrogen-bond donors (Lipinski definition) is 1. The van der Waals surface area contributed by atoms with E-state index in [9.17, 15) is 21.6 Å². The number of fused-ring (bicyclic) bond motifs is 1. The summed E-state index contributed by atoms with van der Waals surface area (Å²) in [6.07, 6.45) is -2.30. The zero-order chi connectivity index (χ0) is 19.3. The van der Waals surface area contributed by atoms with Crippen LogP contribution in [0.1, 0.15) is 12.6 Å². The molecule has 7 nitrogen and oxygen atoms in total. The molecule has 0 unspecified atom stereocenters. The second-order valence-electron chi connectivity index (χ2n) is 5.57. The molecule has 2 N–H and O–H groups in total. The average Bonchev–Trinajstić information content (AvgIpc) is 2.90. The Morgan fingerprint density at radius 1 is 1.19 bits per heavy atom. The van der Waals surface area contributed by atoms with Gasteiger partial charge in [-0.15, -0.1) is 0 Å². The van der Waals surface area contributed by atoms with Gasteiger partial charge in [0.2, 0.25) is 0 Å². The van der Waals surface area contributed by atoms with Crippen LogP contribution in [-0.4, -0.2) is 33.7 Å². The molecule has 0 saturated carbocycles. The van der Waals surface area contributed by atoms with E-state index in [4.69, 9.17) is 5.73 Å². The largest absolute Gasteiger partial charge is 0.433 e. The summed E-state index contributed by atoms with van der Waals surface area (Å²) in [4.78, 5) is 11.5. The Morgan fingerprint density at radius 3 is 2.50 bits per heavy atom. The third-order valence-corrected chi connectivity index (χ3v) is 5.60. The Labute approximate surface area is 146 Å². The van der Waals surface area contributed by atoms with Gasteiger partial charge < -0.3 is 10.3 Å². The van der Waals surface area contributed by atoms with Crippen LogP contribution in [0, 0.1) is 0 Å². The number of nitrogens with two attached hydrogens (primary N) is 1. The van der Waals surface area contributed by atoms with Crippen LogP contribution in [0.3, 0.4) is 0 Å². The summed E-state index contributed by atoms with van der Waals surface area (Å²) < 4.78 is 64.7. The first-order valence-corrected chi connectivity index (χ1v) is 9.08. The molecule has 0 aliphatic heterocycles. The van der Waals surface area contributed by atoms with E-state index >= 15 is 0 Å². The Balaban J connectivity index is 2.29. The maximum Gasteiger partial charge on any atom is 0.433 e. The van der Waals surface area contributed by atoms with E-state index in [0.717, 1.165) is 12.3 Å². The molecule has 0 aliphatic carbocycles. The summed E-state index contributed by atoms with van der Waals surface area (Å²) in [5, 5.41) is 0. The van der Waals surface area contributed by atoms with Gasteiger partial charge in [-0.05, 0) is 12.1 Å². The fourth-order valence-corrected chi connectivity index (χ4v) is 3.54. The second-order valence-corrected chi connectivity index (χ2v) is 7.82. The summed E-state index contributed by atoms with van der Waals surface area (Å²) in [7, 11) is -2.13. The highest BCUT2D eigenvalue weighted by Crippen LogP contribution is 2.32. The molecule has 0 aromatic carbocycles. The molecule has 11 heteroatoms. The summed E-state index contributed by atoms with van der Waals surface area (Å²) in [6, 6.07) is 2.07. The molecule has 3 heterocycles. The molecular weight excluding hydrogens is 371 g/mol. The molecule has 0 bridgehead atoms. The van der Waals surface area contributed by atoms with Crippen molar-refractivity contribution in [1.29, 1.82) is 0 Å². The number of aromatic nitrogens is 4. The van der Waals surface area contributed by atoms with E-state index in [-0.39, 0.29) is 33.4 Å². The van der Waals surface area contributed by atoms with Crippen molar-refractivity contribution in [3.8, 4) is 11.5 Å². The Morgan fingerprint density at radius 2 is 1.88 bits per heavy atom. The fraction of sp³-hybridized carbons (Fsp3) is 0.267. The van der Waals surface area contributed by atoms with E-state index in [1.807, 2.05) is 0 Å². The summed E-state index contributed by atoms with van der Waals surface area (Å²) in [5.41, 5.74) is 5.08. The van der Waals surface area contributed by atoms with Gasteiger partial charge >= 0.3 is 6.18 Å². The quantitative estimate of drug-likeness (QED) is 0.743. The topological polar surface area (TPSA) is 104 Å². The number of halogens is 3. The number of hydrogen-bond acceptors (Lipinski definition) is 6. The van der Waals surface area contributed by atoms with Crippen LogP contribution in [0.4, 0.5) is 18.9 Å². The Bertz CT molecular complexity index is 1110. The van der Waals surface area contributed by atoms with E-state index in [1.165, 1.54) is 23.8 Å². The fourth-order valence-electron chi connectivity index (χ4n) is 2.48. The lowest BCUT2D eigenvalue weighted by atomic mass is 10.3. The molecular formula is C15H14F3N5O2S. The number of anilines is 1. The first kappa shape index (κ1) is 18.1. The van der Waals surface area contributed by atoms with Crippen LogP contribution in [0.25, 0.3) is 22.6 Å². The van der Waals surface area contributed by atoms with E-state index in [2.05, 4.69) is 15.0 Å². The number of nitrogens with zero attached hydrogens (tertiary/aromatic N) is 4. The minimum atomic E-state index is -4.61. The zero-order valence-electron chi connectivity index (χ0n) is 13.7. The molecule has 0 atom stereocenters. The van der Waals surface area contributed by atoms with Gasteiger partial charge in [0.1, 0.15) is 11.4 Å². The number of nitrogen functional groups attached to an aromatic ring is 1. The van der Waals surface area contributed by atoms with Crippen LogP contribution in [0.2, 0.25) is 0 Å². The van der Waals surface area contributed by atoms with Gasteiger partial charge in [-0.1, -0.05) is 6.92 Å². The highest BCUT2D eigenvalue weighted by atomic mass is 32.2. The number of imidazole rings is 1. The normalized spacial score (nSPS) is 12.7. The van der Waals surface area contributed by atoms with Gasteiger partial charge in [-0.2, -0.15) is 13.2 Å². The molecule has 0 saturated heterocycles. The van der Waals surface area contributed by atoms with E-state index in [0.29, 0.717) is 5.52 Å². The number of rotatable bonds is 3. The molecule has 3 aromatic rings. The van der Waals surface area contributed by atoms with Crippen LogP contribution in [0.5, 0.6) is 0 Å². The first-order valence-electron chi connectivity index (χ1n) is 7.43. The van der Waals surface area contributed by atoms with Gasteiger partial charge in [0, 0.05) is 7.05 Å². The number of pyridine rings is 2. The molecule has 26 heavy (non-hydrogen) atoms. The predicted octanol–water partition coefficient (Wildman–Crippen LogP) is 2.42. The van der Waals surface area contributed by atoms with Gasteiger partial charge in [0.15, 0.2) is 15.7 Å². The third kappa shape index (κ3) is 2.98. The smallest absolute Gasteiger partial charge is 0.397 e. The van der Waals surface area contributed by atoms with E-state index < -0.39 is 21.7 Å². The van der Waals surface area contributed by atoms with Gasteiger partial charge in [0.25, 0.3) is 0 Å². The van der Waals surface area contributed by atoms with Gasteiger partial charge in [0.05, 0.1) is 39.8 Å². The van der Waals surface area contributed by atoms with Crippen molar-refractivity contribution in [2.24, 2.45) is 7.05 Å².